The Balaban J connectivity index is 1.46. The number of carbonyl (C=O) groups is 1. The van der Waals surface area contributed by atoms with E-state index in [1.807, 2.05) is 47.8 Å². The zero-order chi connectivity index (χ0) is 21.8. The van der Waals surface area contributed by atoms with Crippen molar-refractivity contribution >= 4 is 52.2 Å². The molecule has 0 aliphatic carbocycles. The summed E-state index contributed by atoms with van der Waals surface area (Å²) in [7, 11) is 0. The highest BCUT2D eigenvalue weighted by Gasteiger charge is 2.20. The van der Waals surface area contributed by atoms with Crippen LogP contribution in [-0.2, 0) is 4.79 Å². The Hall–Kier alpha value is -2.52. The molecule has 158 valence electrons. The minimum absolute atomic E-state index is 0.132. The lowest BCUT2D eigenvalue weighted by atomic mass is 10.1. The number of amides is 1. The van der Waals surface area contributed by atoms with Gasteiger partial charge < -0.3 is 11.2 Å². The number of carbonyl (C=O) groups excluding carboxylic acids is 1. The van der Waals surface area contributed by atoms with Crippen LogP contribution in [0, 0.1) is 0 Å². The van der Waals surface area contributed by atoms with Gasteiger partial charge in [0.05, 0.1) is 16.8 Å². The average Bonchev–Trinajstić information content (AvgIpc) is 3.43. The molecule has 2 heterocycles. The van der Waals surface area contributed by atoms with Crippen LogP contribution in [0.5, 0.6) is 0 Å². The maximum Gasteiger partial charge on any atom is 0.231 e. The molecule has 31 heavy (non-hydrogen) atoms. The number of nitrogens with zero attached hydrogens (tertiary/aromatic N) is 3. The van der Waals surface area contributed by atoms with Gasteiger partial charge in [0.2, 0.25) is 11.1 Å². The third-order valence-corrected chi connectivity index (χ3v) is 6.88. The molecule has 0 aliphatic rings. The molecule has 10 heteroatoms. The molecule has 2 aromatic heterocycles. The number of thiophene rings is 1. The van der Waals surface area contributed by atoms with E-state index in [0.717, 1.165) is 10.4 Å². The molecule has 0 saturated heterocycles. The fraction of sp³-hybridized carbons (Fsp3) is 0.0952. The van der Waals surface area contributed by atoms with E-state index >= 15 is 0 Å². The van der Waals surface area contributed by atoms with Crippen LogP contribution in [0.4, 0.5) is 0 Å². The predicted molar refractivity (Wildman–Crippen MR) is 127 cm³/mol. The molecule has 4 aromatic rings. The summed E-state index contributed by atoms with van der Waals surface area (Å²) < 4.78 is 1.31. The van der Waals surface area contributed by atoms with Gasteiger partial charge in [-0.2, -0.15) is 0 Å². The summed E-state index contributed by atoms with van der Waals surface area (Å²) in [5.74, 6) is 6.51. The number of nitrogens with one attached hydrogen (secondary N) is 1. The van der Waals surface area contributed by atoms with Crippen molar-refractivity contribution < 1.29 is 4.79 Å². The van der Waals surface area contributed by atoms with Gasteiger partial charge in [-0.1, -0.05) is 71.4 Å². The number of halogens is 2. The maximum atomic E-state index is 12.7. The number of hydrogen-bond donors (Lipinski definition) is 2. The van der Waals surface area contributed by atoms with Crippen LogP contribution in [0.25, 0.3) is 11.4 Å². The first-order valence-corrected chi connectivity index (χ1v) is 11.8. The average molecular weight is 490 g/mol. The molecule has 6 nitrogen and oxygen atoms in total. The van der Waals surface area contributed by atoms with Gasteiger partial charge in [-0.25, -0.2) is 4.68 Å². The zero-order valence-corrected chi connectivity index (χ0v) is 19.2. The van der Waals surface area contributed by atoms with Crippen LogP contribution in [0.3, 0.4) is 0 Å². The number of hydrogen-bond acceptors (Lipinski definition) is 6. The Morgan fingerprint density at radius 2 is 1.94 bits per heavy atom. The van der Waals surface area contributed by atoms with Gasteiger partial charge in [-0.15, -0.1) is 21.5 Å². The van der Waals surface area contributed by atoms with E-state index in [9.17, 15) is 4.79 Å². The molecular weight excluding hydrogens is 473 g/mol. The quantitative estimate of drug-likeness (QED) is 0.281. The summed E-state index contributed by atoms with van der Waals surface area (Å²) in [5.41, 5.74) is 1.59. The molecule has 0 radical (unpaired) electrons. The molecule has 4 rings (SSSR count). The highest BCUT2D eigenvalue weighted by atomic mass is 35.5. The summed E-state index contributed by atoms with van der Waals surface area (Å²) in [6.45, 7) is 0. The van der Waals surface area contributed by atoms with Crippen molar-refractivity contribution in [2.45, 2.75) is 11.2 Å². The maximum absolute atomic E-state index is 12.7. The third kappa shape index (κ3) is 5.04. The molecule has 1 unspecified atom stereocenters. The van der Waals surface area contributed by atoms with Crippen molar-refractivity contribution in [1.29, 1.82) is 0 Å². The molecule has 0 saturated carbocycles. The Kier molecular flexibility index (Phi) is 6.82. The second-order valence-corrected chi connectivity index (χ2v) is 9.28. The van der Waals surface area contributed by atoms with E-state index in [0.29, 0.717) is 26.6 Å². The standard InChI is InChI=1S/C21H17Cl2N5OS2/c22-14-8-9-16(23)15(11-14)20-26-27-21(28(20)24)31-12-18(29)25-19(17-7-4-10-30-17)13-5-2-1-3-6-13/h1-11,19H,12,24H2,(H,25,29). The van der Waals surface area contributed by atoms with Crippen molar-refractivity contribution in [1.82, 2.24) is 20.2 Å². The summed E-state index contributed by atoms with van der Waals surface area (Å²) in [6, 6.07) is 18.6. The first-order chi connectivity index (χ1) is 15.0. The number of rotatable bonds is 7. The Morgan fingerprint density at radius 1 is 1.13 bits per heavy atom. The lowest BCUT2D eigenvalue weighted by molar-refractivity contribution is -0.119. The molecular formula is C21H17Cl2N5OS2. The topological polar surface area (TPSA) is 85.8 Å². The Morgan fingerprint density at radius 3 is 2.68 bits per heavy atom. The first kappa shape index (κ1) is 21.7. The summed E-state index contributed by atoms with van der Waals surface area (Å²) in [6.07, 6.45) is 0. The minimum Gasteiger partial charge on any atom is -0.344 e. The van der Waals surface area contributed by atoms with Crippen molar-refractivity contribution in [3.8, 4) is 11.4 Å². The SMILES string of the molecule is Nn1c(SCC(=O)NC(c2ccccc2)c2cccs2)nnc1-c1cc(Cl)ccc1Cl. The zero-order valence-electron chi connectivity index (χ0n) is 16.0. The highest BCUT2D eigenvalue weighted by molar-refractivity contribution is 7.99. The van der Waals surface area contributed by atoms with E-state index < -0.39 is 0 Å². The first-order valence-electron chi connectivity index (χ1n) is 9.19. The van der Waals surface area contributed by atoms with Crippen LogP contribution in [-0.4, -0.2) is 26.5 Å². The number of benzene rings is 2. The monoisotopic (exact) mass is 489 g/mol. The molecule has 1 amide bonds. The van der Waals surface area contributed by atoms with Crippen molar-refractivity contribution in [2.75, 3.05) is 11.6 Å². The van der Waals surface area contributed by atoms with Gasteiger partial charge in [0.25, 0.3) is 0 Å². The van der Waals surface area contributed by atoms with Crippen molar-refractivity contribution in [3.63, 3.8) is 0 Å². The van der Waals surface area contributed by atoms with Crippen molar-refractivity contribution in [2.24, 2.45) is 0 Å². The summed E-state index contributed by atoms with van der Waals surface area (Å²) in [4.78, 5) is 13.8. The number of aromatic nitrogens is 3. The fourth-order valence-electron chi connectivity index (χ4n) is 2.98. The molecule has 0 fully saturated rings. The summed E-state index contributed by atoms with van der Waals surface area (Å²) in [5, 5.41) is 14.7. The molecule has 2 aromatic carbocycles. The molecule has 3 N–H and O–H groups in total. The van der Waals surface area contributed by atoms with E-state index in [4.69, 9.17) is 29.0 Å². The Bertz CT molecular complexity index is 1180. The Labute approximate surface area is 197 Å². The minimum atomic E-state index is -0.217. The highest BCUT2D eigenvalue weighted by Crippen LogP contribution is 2.31. The van der Waals surface area contributed by atoms with Crippen LogP contribution < -0.4 is 11.2 Å². The lowest BCUT2D eigenvalue weighted by Gasteiger charge is -2.18. The van der Waals surface area contributed by atoms with E-state index in [1.165, 1.54) is 16.4 Å². The van der Waals surface area contributed by atoms with E-state index in [2.05, 4.69) is 15.5 Å². The largest absolute Gasteiger partial charge is 0.344 e. The fourth-order valence-corrected chi connectivity index (χ4v) is 4.82. The van der Waals surface area contributed by atoms with Crippen LogP contribution >= 0.6 is 46.3 Å². The van der Waals surface area contributed by atoms with Gasteiger partial charge in [0.1, 0.15) is 0 Å². The van der Waals surface area contributed by atoms with Crippen LogP contribution in [0.15, 0.2) is 71.2 Å². The summed E-state index contributed by atoms with van der Waals surface area (Å²) >= 11 is 15.1. The van der Waals surface area contributed by atoms with Gasteiger partial charge in [-0.3, -0.25) is 4.79 Å². The molecule has 1 atom stereocenters. The van der Waals surface area contributed by atoms with Gasteiger partial charge >= 0.3 is 0 Å². The second-order valence-electron chi connectivity index (χ2n) is 6.52. The molecule has 0 spiro atoms. The molecule has 0 bridgehead atoms. The molecule has 0 aliphatic heterocycles. The smallest absolute Gasteiger partial charge is 0.231 e. The van der Waals surface area contributed by atoms with E-state index in [1.54, 1.807) is 29.5 Å². The van der Waals surface area contributed by atoms with Gasteiger partial charge in [0.15, 0.2) is 5.82 Å². The third-order valence-electron chi connectivity index (χ3n) is 4.43. The second kappa shape index (κ2) is 9.74. The van der Waals surface area contributed by atoms with Crippen LogP contribution in [0.1, 0.15) is 16.5 Å². The lowest BCUT2D eigenvalue weighted by Crippen LogP contribution is -2.30. The number of thioether (sulfide) groups is 1. The normalized spacial score (nSPS) is 11.9. The number of nitrogen functional groups attached to an aromatic ring is 1. The number of nitrogens with two attached hydrogens (primary N) is 1. The predicted octanol–water partition coefficient (Wildman–Crippen LogP) is 5.03. The van der Waals surface area contributed by atoms with Gasteiger partial charge in [0, 0.05) is 15.5 Å². The van der Waals surface area contributed by atoms with E-state index in [-0.39, 0.29) is 17.7 Å². The van der Waals surface area contributed by atoms with Crippen molar-refractivity contribution in [3.05, 3.63) is 86.5 Å². The van der Waals surface area contributed by atoms with Gasteiger partial charge in [-0.05, 0) is 35.2 Å². The van der Waals surface area contributed by atoms with Crippen LogP contribution in [0.2, 0.25) is 10.0 Å².